The van der Waals surface area contributed by atoms with Crippen LogP contribution in [0.1, 0.15) is 12.5 Å². The maximum atomic E-state index is 13.8. The molecule has 152 valence electrons. The number of amides is 1. The van der Waals surface area contributed by atoms with E-state index in [1.54, 1.807) is 25.1 Å². The molecule has 0 saturated heterocycles. The Kier molecular flexibility index (Phi) is 7.40. The van der Waals surface area contributed by atoms with Gasteiger partial charge in [-0.05, 0) is 24.3 Å². The molecule has 0 atom stereocenters. The van der Waals surface area contributed by atoms with Gasteiger partial charge in [0, 0.05) is 25.7 Å². The van der Waals surface area contributed by atoms with Crippen molar-refractivity contribution in [1.82, 2.24) is 9.21 Å². The number of benzene rings is 2. The third kappa shape index (κ3) is 5.01. The van der Waals surface area contributed by atoms with Gasteiger partial charge in [-0.1, -0.05) is 36.7 Å². The Labute approximate surface area is 169 Å². The monoisotopic (exact) mass is 428 g/mol. The number of nitrogens with zero attached hydrogens (tertiary/aromatic N) is 2. The third-order valence-electron chi connectivity index (χ3n) is 4.22. The van der Waals surface area contributed by atoms with Crippen LogP contribution >= 0.6 is 11.6 Å². The van der Waals surface area contributed by atoms with E-state index in [9.17, 15) is 17.6 Å². The molecule has 2 aromatic carbocycles. The van der Waals surface area contributed by atoms with Crippen LogP contribution in [0.2, 0.25) is 5.02 Å². The number of carbonyl (C=O) groups excluding carboxylic acids is 1. The average Bonchev–Trinajstić information content (AvgIpc) is 2.67. The Morgan fingerprint density at radius 1 is 1.21 bits per heavy atom. The van der Waals surface area contributed by atoms with Gasteiger partial charge in [-0.25, -0.2) is 12.8 Å². The highest BCUT2D eigenvalue weighted by atomic mass is 35.5. The zero-order chi connectivity index (χ0) is 20.9. The molecule has 6 nitrogen and oxygen atoms in total. The summed E-state index contributed by atoms with van der Waals surface area (Å²) in [6.45, 7) is 1.39. The lowest BCUT2D eigenvalue weighted by Crippen LogP contribution is -2.41. The fourth-order valence-corrected chi connectivity index (χ4v) is 4.31. The Morgan fingerprint density at radius 3 is 2.46 bits per heavy atom. The van der Waals surface area contributed by atoms with Crippen molar-refractivity contribution in [1.29, 1.82) is 0 Å². The van der Waals surface area contributed by atoms with Crippen molar-refractivity contribution in [3.63, 3.8) is 0 Å². The zero-order valence-electron chi connectivity index (χ0n) is 15.9. The second kappa shape index (κ2) is 9.36. The van der Waals surface area contributed by atoms with Crippen molar-refractivity contribution >= 4 is 27.5 Å². The Balaban J connectivity index is 2.16. The van der Waals surface area contributed by atoms with Gasteiger partial charge in [-0.2, -0.15) is 4.31 Å². The van der Waals surface area contributed by atoms with Crippen molar-refractivity contribution in [3.8, 4) is 5.75 Å². The summed E-state index contributed by atoms with van der Waals surface area (Å²) in [6.07, 6.45) is 0. The molecule has 0 heterocycles. The minimum Gasteiger partial charge on any atom is -0.495 e. The van der Waals surface area contributed by atoms with E-state index in [1.165, 1.54) is 43.3 Å². The molecule has 0 radical (unpaired) electrons. The number of ether oxygens (including phenoxy) is 1. The molecular weight excluding hydrogens is 407 g/mol. The molecule has 0 aliphatic heterocycles. The molecule has 1 amide bonds. The second-order valence-corrected chi connectivity index (χ2v) is 8.41. The Bertz CT molecular complexity index is 953. The highest BCUT2D eigenvalue weighted by Crippen LogP contribution is 2.28. The molecule has 0 aliphatic rings. The molecule has 0 N–H and O–H groups in total. The maximum absolute atomic E-state index is 13.8. The first-order valence-corrected chi connectivity index (χ1v) is 10.3. The largest absolute Gasteiger partial charge is 0.495 e. The summed E-state index contributed by atoms with van der Waals surface area (Å²) in [4.78, 5) is 13.8. The first-order chi connectivity index (χ1) is 13.2. The van der Waals surface area contributed by atoms with Crippen LogP contribution in [0.3, 0.4) is 0 Å². The van der Waals surface area contributed by atoms with Gasteiger partial charge in [0.1, 0.15) is 11.6 Å². The number of sulfonamides is 1. The molecule has 0 saturated carbocycles. The molecule has 9 heteroatoms. The van der Waals surface area contributed by atoms with Crippen molar-refractivity contribution < 1.29 is 22.3 Å². The quantitative estimate of drug-likeness (QED) is 0.647. The molecule has 28 heavy (non-hydrogen) atoms. The van der Waals surface area contributed by atoms with E-state index in [4.69, 9.17) is 16.3 Å². The van der Waals surface area contributed by atoms with Crippen LogP contribution in [0.5, 0.6) is 5.75 Å². The minimum absolute atomic E-state index is 0.0373. The number of carbonyl (C=O) groups is 1. The normalized spacial score (nSPS) is 11.5. The van der Waals surface area contributed by atoms with Crippen LogP contribution in [0.25, 0.3) is 0 Å². The lowest BCUT2D eigenvalue weighted by molar-refractivity contribution is -0.130. The predicted octanol–water partition coefficient (Wildman–Crippen LogP) is 3.16. The first-order valence-electron chi connectivity index (χ1n) is 8.51. The highest BCUT2D eigenvalue weighted by molar-refractivity contribution is 7.89. The SMILES string of the molecule is CCN(CC(=O)N(C)Cc1ccccc1F)S(=O)(=O)c1ccc(OC)c(Cl)c1. The summed E-state index contributed by atoms with van der Waals surface area (Å²) in [6, 6.07) is 10.2. The smallest absolute Gasteiger partial charge is 0.243 e. The van der Waals surface area contributed by atoms with Crippen molar-refractivity contribution in [2.45, 2.75) is 18.4 Å². The number of halogens is 2. The standard InChI is InChI=1S/C19H22ClFN2O4S/c1-4-23(28(25,26)15-9-10-18(27-3)16(20)11-15)13-19(24)22(2)12-14-7-5-6-8-17(14)21/h5-11H,4,12-13H2,1-3H3. The lowest BCUT2D eigenvalue weighted by atomic mass is 10.2. The van der Waals surface area contributed by atoms with Crippen molar-refractivity contribution in [2.24, 2.45) is 0 Å². The van der Waals surface area contributed by atoms with Gasteiger partial charge in [0.05, 0.1) is 23.6 Å². The van der Waals surface area contributed by atoms with Crippen LogP contribution in [0.15, 0.2) is 47.4 Å². The molecular formula is C19H22ClFN2O4S. The fourth-order valence-electron chi connectivity index (χ4n) is 2.57. The topological polar surface area (TPSA) is 66.9 Å². The van der Waals surface area contributed by atoms with Crippen LogP contribution in [0.4, 0.5) is 4.39 Å². The van der Waals surface area contributed by atoms with Crippen LogP contribution in [-0.4, -0.2) is 50.8 Å². The average molecular weight is 429 g/mol. The van der Waals surface area contributed by atoms with E-state index in [0.29, 0.717) is 11.3 Å². The van der Waals surface area contributed by atoms with E-state index < -0.39 is 21.7 Å². The van der Waals surface area contributed by atoms with E-state index in [1.807, 2.05) is 0 Å². The molecule has 0 fully saturated rings. The minimum atomic E-state index is -3.94. The van der Waals surface area contributed by atoms with Gasteiger partial charge < -0.3 is 9.64 Å². The first kappa shape index (κ1) is 22.1. The Hall–Kier alpha value is -2.16. The van der Waals surface area contributed by atoms with E-state index >= 15 is 0 Å². The summed E-state index contributed by atoms with van der Waals surface area (Å²) in [5.74, 6) is -0.521. The number of rotatable bonds is 8. The Morgan fingerprint density at radius 2 is 1.89 bits per heavy atom. The van der Waals surface area contributed by atoms with E-state index in [-0.39, 0.29) is 29.6 Å². The molecule has 2 rings (SSSR count). The summed E-state index contributed by atoms with van der Waals surface area (Å²) in [5, 5.41) is 0.155. The number of hydrogen-bond donors (Lipinski definition) is 0. The van der Waals surface area contributed by atoms with Gasteiger partial charge in [0.15, 0.2) is 0 Å². The lowest BCUT2D eigenvalue weighted by Gasteiger charge is -2.24. The van der Waals surface area contributed by atoms with E-state index in [0.717, 1.165) is 4.31 Å². The summed E-state index contributed by atoms with van der Waals surface area (Å²) >= 11 is 6.03. The molecule has 0 aromatic heterocycles. The van der Waals surface area contributed by atoms with Crippen molar-refractivity contribution in [3.05, 3.63) is 58.9 Å². The molecule has 0 unspecified atom stereocenters. The summed E-state index contributed by atoms with van der Waals surface area (Å²) < 4.78 is 45.6. The van der Waals surface area contributed by atoms with Gasteiger partial charge in [0.25, 0.3) is 0 Å². The van der Waals surface area contributed by atoms with Gasteiger partial charge in [0.2, 0.25) is 15.9 Å². The highest BCUT2D eigenvalue weighted by Gasteiger charge is 2.27. The second-order valence-electron chi connectivity index (χ2n) is 6.07. The predicted molar refractivity (Wildman–Crippen MR) is 105 cm³/mol. The number of methoxy groups -OCH3 is 1. The summed E-state index contributed by atoms with van der Waals surface area (Å²) in [5.41, 5.74) is 0.353. The van der Waals surface area contributed by atoms with Crippen LogP contribution in [-0.2, 0) is 21.4 Å². The summed E-state index contributed by atoms with van der Waals surface area (Å²) in [7, 11) is -1.01. The molecule has 0 spiro atoms. The maximum Gasteiger partial charge on any atom is 0.243 e. The fraction of sp³-hybridized carbons (Fsp3) is 0.316. The zero-order valence-corrected chi connectivity index (χ0v) is 17.4. The van der Waals surface area contributed by atoms with Crippen LogP contribution < -0.4 is 4.74 Å². The van der Waals surface area contributed by atoms with E-state index in [2.05, 4.69) is 0 Å². The number of likely N-dealkylation sites (N-methyl/N-ethyl adjacent to an activating group) is 2. The molecule has 0 aliphatic carbocycles. The van der Waals surface area contributed by atoms with Crippen molar-refractivity contribution in [2.75, 3.05) is 27.2 Å². The number of hydrogen-bond acceptors (Lipinski definition) is 4. The third-order valence-corrected chi connectivity index (χ3v) is 6.43. The van der Waals surface area contributed by atoms with Crippen LogP contribution in [0, 0.1) is 5.82 Å². The van der Waals surface area contributed by atoms with Gasteiger partial charge in [-0.3, -0.25) is 4.79 Å². The van der Waals surface area contributed by atoms with Gasteiger partial charge in [-0.15, -0.1) is 0 Å². The van der Waals surface area contributed by atoms with Gasteiger partial charge >= 0.3 is 0 Å². The molecule has 2 aromatic rings. The molecule has 0 bridgehead atoms.